The maximum absolute atomic E-state index is 14.8. The van der Waals surface area contributed by atoms with E-state index in [1.807, 2.05) is 0 Å². The van der Waals surface area contributed by atoms with Crippen molar-refractivity contribution >= 4 is 47.2 Å². The molecule has 0 saturated carbocycles. The van der Waals surface area contributed by atoms with Gasteiger partial charge in [-0.1, -0.05) is 30.3 Å². The van der Waals surface area contributed by atoms with E-state index in [2.05, 4.69) is 25.3 Å². The Hall–Kier alpha value is -4.71. The summed E-state index contributed by atoms with van der Waals surface area (Å²) in [6.07, 6.45) is -5.08. The number of aromatic nitrogens is 6. The van der Waals surface area contributed by atoms with Crippen molar-refractivity contribution in [2.24, 2.45) is 0 Å². The van der Waals surface area contributed by atoms with Crippen molar-refractivity contribution in [3.05, 3.63) is 81.7 Å². The van der Waals surface area contributed by atoms with Crippen molar-refractivity contribution in [3.8, 4) is 0 Å². The van der Waals surface area contributed by atoms with Gasteiger partial charge in [-0.05, 0) is 26.3 Å². The highest BCUT2D eigenvalue weighted by Gasteiger charge is 2.51. The molecule has 6 N–H and O–H groups in total. The first-order chi connectivity index (χ1) is 28.1. The van der Waals surface area contributed by atoms with Crippen molar-refractivity contribution in [1.29, 1.82) is 0 Å². The first-order valence-electron chi connectivity index (χ1n) is 18.2. The summed E-state index contributed by atoms with van der Waals surface area (Å²) in [5.74, 6) is -1.40. The molecule has 0 bridgehead atoms. The number of nitrogen functional groups attached to an aromatic ring is 1. The molecule has 9 atom stereocenters. The van der Waals surface area contributed by atoms with Crippen LogP contribution in [-0.4, -0.2) is 120 Å². The van der Waals surface area contributed by atoms with E-state index in [4.69, 9.17) is 38.5 Å². The standard InChI is InChI=1S/C35H45N8O14PS/c1-35(2,3)56-34(49)40-20(12-19-8-6-5-7-9-19)32(47)52-18-59-58(50,57-27-22(14-44)55-31(28(27)51-4)42-11-10-24(46)41-33(42)48)53-15-23-21(45)13-25(54-23)43-17-39-26-29(36)37-16-38-30(26)43/h5-11,16-17,20-23,25,27-28,31,44-45H,12-15,18H2,1-4H3,(H,40,49)(H2,36,37,38)(H,41,46,48)/t20?,21-,22-,23-,25-,27?,28+,31-,58?/m1/s1. The number of rotatable bonds is 16. The maximum Gasteiger partial charge on any atom is 0.408 e. The minimum absolute atomic E-state index is 0.0236. The fourth-order valence-electron chi connectivity index (χ4n) is 6.36. The lowest BCUT2D eigenvalue weighted by atomic mass is 10.1. The van der Waals surface area contributed by atoms with Crippen molar-refractivity contribution in [1.82, 2.24) is 34.4 Å². The number of anilines is 1. The Morgan fingerprint density at radius 2 is 1.86 bits per heavy atom. The van der Waals surface area contributed by atoms with E-state index < -0.39 is 104 Å². The zero-order valence-electron chi connectivity index (χ0n) is 32.3. The molecule has 2 fully saturated rings. The smallest absolute Gasteiger partial charge is 0.408 e. The molecule has 0 radical (unpaired) electrons. The molecule has 22 nitrogen and oxygen atoms in total. The molecule has 5 heterocycles. The molecule has 2 saturated heterocycles. The number of hydrogen-bond donors (Lipinski definition) is 5. The normalized spacial score (nSPS) is 24.7. The van der Waals surface area contributed by atoms with E-state index in [9.17, 15) is 34.0 Å². The van der Waals surface area contributed by atoms with Crippen LogP contribution in [0.4, 0.5) is 10.6 Å². The highest BCUT2D eigenvalue weighted by atomic mass is 32.7. The number of hydrogen-bond acceptors (Lipinski definition) is 19. The lowest BCUT2D eigenvalue weighted by Crippen LogP contribution is -2.45. The third kappa shape index (κ3) is 10.7. The quantitative estimate of drug-likeness (QED) is 0.0604. The molecule has 3 unspecified atom stereocenters. The van der Waals surface area contributed by atoms with Gasteiger partial charge in [-0.15, -0.1) is 0 Å². The summed E-state index contributed by atoms with van der Waals surface area (Å²) in [6, 6.07) is 8.67. The highest BCUT2D eigenvalue weighted by molar-refractivity contribution is 8.55. The molecule has 59 heavy (non-hydrogen) atoms. The molecule has 0 aliphatic carbocycles. The third-order valence-corrected chi connectivity index (χ3v) is 12.4. The van der Waals surface area contributed by atoms with Crippen LogP contribution in [0.15, 0.2) is 64.8 Å². The number of ether oxygens (including phenoxy) is 5. The molecule has 3 aromatic heterocycles. The van der Waals surface area contributed by atoms with E-state index in [1.54, 1.807) is 55.7 Å². The Bertz CT molecular complexity index is 2250. The average Bonchev–Trinajstić information content (AvgIpc) is 3.88. The number of esters is 1. The number of amides is 1. The second-order valence-corrected chi connectivity index (χ2v) is 18.4. The van der Waals surface area contributed by atoms with Gasteiger partial charge in [-0.25, -0.2) is 33.9 Å². The molecule has 1 aromatic carbocycles. The number of aliphatic hydroxyl groups is 2. The Kier molecular flexibility index (Phi) is 13.9. The van der Waals surface area contributed by atoms with Gasteiger partial charge in [0.05, 0.1) is 25.6 Å². The summed E-state index contributed by atoms with van der Waals surface area (Å²) in [7, 11) is 1.26. The number of methoxy groups -OCH3 is 1. The van der Waals surface area contributed by atoms with Crippen LogP contribution in [0, 0.1) is 0 Å². The summed E-state index contributed by atoms with van der Waals surface area (Å²) in [5.41, 5.74) is 4.92. The second kappa shape index (κ2) is 18.7. The number of nitrogens with one attached hydrogen (secondary N) is 2. The predicted octanol–water partition coefficient (Wildman–Crippen LogP) is 1.39. The summed E-state index contributed by atoms with van der Waals surface area (Å²) in [6.45, 7) is -0.781. The van der Waals surface area contributed by atoms with Crippen molar-refractivity contribution in [2.75, 3.05) is 32.0 Å². The number of alkyl carbamates (subject to hydrolysis) is 1. The number of nitrogens with zero attached hydrogens (tertiary/aromatic N) is 5. The highest BCUT2D eigenvalue weighted by Crippen LogP contribution is 2.63. The Morgan fingerprint density at radius 1 is 1.10 bits per heavy atom. The van der Waals surface area contributed by atoms with Gasteiger partial charge in [0.15, 0.2) is 17.7 Å². The molecular formula is C35H45N8O14PS. The molecule has 320 valence electrons. The zero-order chi connectivity index (χ0) is 42.5. The number of fused-ring (bicyclic) bond motifs is 1. The number of carbonyl (C=O) groups is 2. The lowest BCUT2D eigenvalue weighted by molar-refractivity contribution is -0.143. The number of nitrogens with two attached hydrogens (primary N) is 1. The van der Waals surface area contributed by atoms with Crippen LogP contribution in [0.3, 0.4) is 0 Å². The molecule has 1 amide bonds. The molecule has 6 rings (SSSR count). The topological polar surface area (TPSA) is 293 Å². The van der Waals surface area contributed by atoms with Gasteiger partial charge >= 0.3 is 24.5 Å². The minimum atomic E-state index is -4.56. The Labute approximate surface area is 339 Å². The van der Waals surface area contributed by atoms with Gasteiger partial charge in [0, 0.05) is 43.6 Å². The van der Waals surface area contributed by atoms with Gasteiger partial charge in [-0.3, -0.25) is 28.0 Å². The average molecular weight is 865 g/mol. The van der Waals surface area contributed by atoms with Crippen LogP contribution < -0.4 is 22.3 Å². The molecule has 4 aromatic rings. The SMILES string of the molecule is CO[C@H]1C(OP(=O)(OC[C@H]2O[C@@H](n3cnc4c(N)ncnc43)C[C@H]2O)SCOC(=O)C(Cc2ccccc2)NC(=O)OC(C)(C)C)[C@@H](CO)O[C@H]1n1ccc(=O)[nH]c1=O. The lowest BCUT2D eigenvalue weighted by Gasteiger charge is -2.28. The van der Waals surface area contributed by atoms with E-state index >= 15 is 0 Å². The van der Waals surface area contributed by atoms with Crippen LogP contribution in [0.5, 0.6) is 0 Å². The zero-order valence-corrected chi connectivity index (χ0v) is 34.0. The van der Waals surface area contributed by atoms with E-state index in [1.165, 1.54) is 19.8 Å². The van der Waals surface area contributed by atoms with E-state index in [0.717, 1.165) is 16.8 Å². The van der Waals surface area contributed by atoms with Crippen molar-refractivity contribution < 1.29 is 57.1 Å². The number of carbonyl (C=O) groups excluding carboxylic acids is 2. The first-order valence-corrected chi connectivity index (χ1v) is 21.4. The van der Waals surface area contributed by atoms with Gasteiger partial charge in [-0.2, -0.15) is 0 Å². The monoisotopic (exact) mass is 864 g/mol. The molecule has 24 heteroatoms. The van der Waals surface area contributed by atoms with Crippen LogP contribution in [0.1, 0.15) is 45.2 Å². The van der Waals surface area contributed by atoms with Gasteiger partial charge in [0.2, 0.25) is 0 Å². The van der Waals surface area contributed by atoms with Crippen molar-refractivity contribution in [3.63, 3.8) is 0 Å². The minimum Gasteiger partial charge on any atom is -0.452 e. The molecule has 2 aliphatic rings. The number of aromatic amines is 1. The van der Waals surface area contributed by atoms with Gasteiger partial charge < -0.3 is 44.9 Å². The fraction of sp³-hybridized carbons (Fsp3) is 0.514. The van der Waals surface area contributed by atoms with E-state index in [0.29, 0.717) is 28.1 Å². The summed E-state index contributed by atoms with van der Waals surface area (Å²) in [4.78, 5) is 65.2. The fourth-order valence-corrected chi connectivity index (χ4v) is 9.17. The molecular weight excluding hydrogens is 819 g/mol. The van der Waals surface area contributed by atoms with Crippen LogP contribution in [0.25, 0.3) is 11.2 Å². The largest absolute Gasteiger partial charge is 0.452 e. The molecule has 0 spiro atoms. The van der Waals surface area contributed by atoms with Gasteiger partial charge in [0.1, 0.15) is 60.1 Å². The summed E-state index contributed by atoms with van der Waals surface area (Å²) in [5, 5.41) is 23.9. The third-order valence-electron chi connectivity index (χ3n) is 9.08. The van der Waals surface area contributed by atoms with Crippen LogP contribution in [-0.2, 0) is 48.5 Å². The number of imidazole rings is 1. The number of benzene rings is 1. The number of H-pyrrole nitrogens is 1. The predicted molar refractivity (Wildman–Crippen MR) is 208 cm³/mol. The van der Waals surface area contributed by atoms with Crippen molar-refractivity contribution in [2.45, 2.75) is 88.2 Å². The Balaban J connectivity index is 1.21. The Morgan fingerprint density at radius 3 is 2.56 bits per heavy atom. The molecule has 2 aliphatic heterocycles. The van der Waals surface area contributed by atoms with Crippen LogP contribution >= 0.6 is 18.2 Å². The van der Waals surface area contributed by atoms with Gasteiger partial charge in [0.25, 0.3) is 5.56 Å². The summed E-state index contributed by atoms with van der Waals surface area (Å²) < 4.78 is 57.8. The van der Waals surface area contributed by atoms with Crippen LogP contribution in [0.2, 0.25) is 0 Å². The summed E-state index contributed by atoms with van der Waals surface area (Å²) >= 11 is 0.438. The second-order valence-electron chi connectivity index (χ2n) is 14.4. The van der Waals surface area contributed by atoms with E-state index in [-0.39, 0.29) is 18.7 Å². The number of aliphatic hydroxyl groups excluding tert-OH is 2. The first kappa shape index (κ1) is 43.9. The maximum atomic E-state index is 14.8.